The summed E-state index contributed by atoms with van der Waals surface area (Å²) in [5.41, 5.74) is 1.79. The van der Waals surface area contributed by atoms with E-state index >= 15 is 0 Å². The highest BCUT2D eigenvalue weighted by Gasteiger charge is 2.38. The van der Waals surface area contributed by atoms with Crippen molar-refractivity contribution in [2.24, 2.45) is 5.92 Å². The molecule has 2 aromatic rings. The standard InChI is InChI=1S/C19H21BrN2O3S/c1-3-25-18(24)14-9-10-22(11-15(14)13-7-5-4-6-8-13)17(23)16-12(2)21-19(20)26-16/h4-8,14-15H,3,9-11H2,1-2H3/t14-,15+/m1/s1. The highest BCUT2D eigenvalue weighted by atomic mass is 79.9. The van der Waals surface area contributed by atoms with E-state index in [1.54, 1.807) is 0 Å². The number of amides is 1. The van der Waals surface area contributed by atoms with Gasteiger partial charge in [-0.15, -0.1) is 11.3 Å². The normalized spacial score (nSPS) is 20.0. The number of carbonyl (C=O) groups is 2. The van der Waals surface area contributed by atoms with Gasteiger partial charge in [0.1, 0.15) is 4.88 Å². The second-order valence-electron chi connectivity index (χ2n) is 6.30. The maximum absolute atomic E-state index is 13.0. The van der Waals surface area contributed by atoms with Gasteiger partial charge in [-0.25, -0.2) is 4.98 Å². The third kappa shape index (κ3) is 3.99. The van der Waals surface area contributed by atoms with E-state index in [4.69, 9.17) is 4.74 Å². The van der Waals surface area contributed by atoms with Crippen molar-refractivity contribution in [1.82, 2.24) is 9.88 Å². The van der Waals surface area contributed by atoms with Gasteiger partial charge in [-0.3, -0.25) is 9.59 Å². The third-order valence-corrected chi connectivity index (χ3v) is 6.28. The molecule has 2 heterocycles. The number of hydrogen-bond donors (Lipinski definition) is 0. The highest BCUT2D eigenvalue weighted by molar-refractivity contribution is 9.11. The van der Waals surface area contributed by atoms with Gasteiger partial charge in [0.15, 0.2) is 3.92 Å². The third-order valence-electron chi connectivity index (χ3n) is 4.68. The fourth-order valence-electron chi connectivity index (χ4n) is 3.41. The Morgan fingerprint density at radius 2 is 2.08 bits per heavy atom. The molecule has 26 heavy (non-hydrogen) atoms. The van der Waals surface area contributed by atoms with Crippen molar-refractivity contribution in [3.63, 3.8) is 0 Å². The molecule has 0 N–H and O–H groups in total. The van der Waals surface area contributed by atoms with Crippen LogP contribution in [-0.2, 0) is 9.53 Å². The molecule has 1 aromatic heterocycles. The van der Waals surface area contributed by atoms with Crippen molar-refractivity contribution in [3.8, 4) is 0 Å². The number of piperidine rings is 1. The fourth-order valence-corrected chi connectivity index (χ4v) is 4.92. The molecule has 7 heteroatoms. The SMILES string of the molecule is CCOC(=O)[C@@H]1CCN(C(=O)c2sc(Br)nc2C)C[C@H]1c1ccccc1. The minimum Gasteiger partial charge on any atom is -0.466 e. The number of nitrogens with zero attached hydrogens (tertiary/aromatic N) is 2. The number of hydrogen-bond acceptors (Lipinski definition) is 5. The topological polar surface area (TPSA) is 59.5 Å². The molecule has 3 rings (SSSR count). The molecule has 0 aliphatic carbocycles. The van der Waals surface area contributed by atoms with Crippen molar-refractivity contribution in [2.75, 3.05) is 19.7 Å². The number of esters is 1. The Labute approximate surface area is 165 Å². The van der Waals surface area contributed by atoms with Crippen LogP contribution in [0.25, 0.3) is 0 Å². The molecule has 1 aliphatic rings. The molecule has 0 spiro atoms. The molecular weight excluding hydrogens is 416 g/mol. The van der Waals surface area contributed by atoms with Crippen molar-refractivity contribution in [1.29, 1.82) is 0 Å². The lowest BCUT2D eigenvalue weighted by atomic mass is 9.80. The van der Waals surface area contributed by atoms with Crippen LogP contribution in [0, 0.1) is 12.8 Å². The number of rotatable bonds is 4. The van der Waals surface area contributed by atoms with E-state index in [-0.39, 0.29) is 23.7 Å². The Bertz CT molecular complexity index is 793. The zero-order valence-corrected chi connectivity index (χ0v) is 17.2. The van der Waals surface area contributed by atoms with Crippen molar-refractivity contribution < 1.29 is 14.3 Å². The lowest BCUT2D eigenvalue weighted by Gasteiger charge is -2.37. The van der Waals surface area contributed by atoms with E-state index < -0.39 is 0 Å². The first-order valence-electron chi connectivity index (χ1n) is 8.65. The first-order valence-corrected chi connectivity index (χ1v) is 10.3. The molecule has 0 saturated carbocycles. The van der Waals surface area contributed by atoms with Gasteiger partial charge in [0.2, 0.25) is 0 Å². The molecule has 1 fully saturated rings. The summed E-state index contributed by atoms with van der Waals surface area (Å²) >= 11 is 4.70. The van der Waals surface area contributed by atoms with Gasteiger partial charge >= 0.3 is 5.97 Å². The van der Waals surface area contributed by atoms with E-state index in [0.29, 0.717) is 34.9 Å². The van der Waals surface area contributed by atoms with Crippen LogP contribution in [0.1, 0.15) is 40.2 Å². The van der Waals surface area contributed by atoms with Crippen LogP contribution < -0.4 is 0 Å². The number of benzene rings is 1. The molecule has 0 bridgehead atoms. The van der Waals surface area contributed by atoms with Crippen molar-refractivity contribution in [3.05, 3.63) is 50.4 Å². The Balaban J connectivity index is 1.85. The molecule has 1 saturated heterocycles. The molecule has 1 aliphatic heterocycles. The zero-order valence-electron chi connectivity index (χ0n) is 14.8. The monoisotopic (exact) mass is 436 g/mol. The predicted molar refractivity (Wildman–Crippen MR) is 104 cm³/mol. The van der Waals surface area contributed by atoms with Gasteiger partial charge in [-0.05, 0) is 41.8 Å². The van der Waals surface area contributed by atoms with Crippen LogP contribution in [0.3, 0.4) is 0 Å². The van der Waals surface area contributed by atoms with E-state index in [1.165, 1.54) is 11.3 Å². The van der Waals surface area contributed by atoms with Gasteiger partial charge < -0.3 is 9.64 Å². The minimum absolute atomic E-state index is 0.0195. The number of ether oxygens (including phenoxy) is 1. The maximum Gasteiger partial charge on any atom is 0.309 e. The molecular formula is C19H21BrN2O3S. The van der Waals surface area contributed by atoms with E-state index in [2.05, 4.69) is 20.9 Å². The average Bonchev–Trinajstić information content (AvgIpc) is 2.99. The number of aromatic nitrogens is 1. The second kappa shape index (κ2) is 8.31. The van der Waals surface area contributed by atoms with Crippen molar-refractivity contribution >= 4 is 39.1 Å². The summed E-state index contributed by atoms with van der Waals surface area (Å²) < 4.78 is 5.99. The van der Waals surface area contributed by atoms with Gasteiger partial charge in [0.05, 0.1) is 18.2 Å². The molecule has 0 radical (unpaired) electrons. The van der Waals surface area contributed by atoms with Crippen LogP contribution in [0.5, 0.6) is 0 Å². The Morgan fingerprint density at radius 1 is 1.35 bits per heavy atom. The van der Waals surface area contributed by atoms with Gasteiger partial charge in [-0.2, -0.15) is 0 Å². The summed E-state index contributed by atoms with van der Waals surface area (Å²) in [4.78, 5) is 32.2. The smallest absolute Gasteiger partial charge is 0.309 e. The number of halogens is 1. The Kier molecular flexibility index (Phi) is 6.09. The van der Waals surface area contributed by atoms with Gasteiger partial charge in [0, 0.05) is 19.0 Å². The van der Waals surface area contributed by atoms with Gasteiger partial charge in [0.25, 0.3) is 5.91 Å². The van der Waals surface area contributed by atoms with Crippen LogP contribution in [0.15, 0.2) is 34.2 Å². The number of carbonyl (C=O) groups excluding carboxylic acids is 2. The van der Waals surface area contributed by atoms with Crippen LogP contribution >= 0.6 is 27.3 Å². The summed E-state index contributed by atoms with van der Waals surface area (Å²) in [7, 11) is 0. The summed E-state index contributed by atoms with van der Waals surface area (Å²) in [6.07, 6.45) is 0.600. The molecule has 5 nitrogen and oxygen atoms in total. The summed E-state index contributed by atoms with van der Waals surface area (Å²) in [6, 6.07) is 9.90. The van der Waals surface area contributed by atoms with E-state index in [1.807, 2.05) is 49.1 Å². The average molecular weight is 437 g/mol. The Morgan fingerprint density at radius 3 is 2.69 bits per heavy atom. The Hall–Kier alpha value is -1.73. The lowest BCUT2D eigenvalue weighted by molar-refractivity contribution is -0.150. The number of likely N-dealkylation sites (tertiary alicyclic amines) is 1. The van der Waals surface area contributed by atoms with Crippen LogP contribution in [0.2, 0.25) is 0 Å². The second-order valence-corrected chi connectivity index (χ2v) is 8.57. The first kappa shape index (κ1) is 19.0. The van der Waals surface area contributed by atoms with Crippen LogP contribution in [0.4, 0.5) is 0 Å². The zero-order chi connectivity index (χ0) is 18.7. The molecule has 1 amide bonds. The summed E-state index contributed by atoms with van der Waals surface area (Å²) in [5.74, 6) is -0.487. The maximum atomic E-state index is 13.0. The van der Waals surface area contributed by atoms with Crippen LogP contribution in [-0.4, -0.2) is 41.5 Å². The summed E-state index contributed by atoms with van der Waals surface area (Å²) in [6.45, 7) is 5.07. The lowest BCUT2D eigenvalue weighted by Crippen LogP contribution is -2.45. The number of thiazole rings is 1. The fraction of sp³-hybridized carbons (Fsp3) is 0.421. The highest BCUT2D eigenvalue weighted by Crippen LogP contribution is 2.35. The largest absolute Gasteiger partial charge is 0.466 e. The van der Waals surface area contributed by atoms with E-state index in [0.717, 1.165) is 11.3 Å². The summed E-state index contributed by atoms with van der Waals surface area (Å²) in [5, 5.41) is 0. The quantitative estimate of drug-likeness (QED) is 0.678. The number of aryl methyl sites for hydroxylation is 1. The van der Waals surface area contributed by atoms with Crippen molar-refractivity contribution in [2.45, 2.75) is 26.2 Å². The minimum atomic E-state index is -0.226. The first-order chi connectivity index (χ1) is 12.5. The molecule has 1 aromatic carbocycles. The van der Waals surface area contributed by atoms with E-state index in [9.17, 15) is 9.59 Å². The predicted octanol–water partition coefficient (Wildman–Crippen LogP) is 4.02. The molecule has 138 valence electrons. The molecule has 2 atom stereocenters. The molecule has 0 unspecified atom stereocenters. The van der Waals surface area contributed by atoms with Gasteiger partial charge in [-0.1, -0.05) is 30.3 Å².